The van der Waals surface area contributed by atoms with Crippen LogP contribution in [0.15, 0.2) is 0 Å². The summed E-state index contributed by atoms with van der Waals surface area (Å²) >= 11 is 0. The first-order valence-corrected chi connectivity index (χ1v) is 7.04. The van der Waals surface area contributed by atoms with E-state index in [1.165, 1.54) is 51.5 Å². The molecule has 0 heterocycles. The average molecular weight is 209 g/mol. The van der Waals surface area contributed by atoms with E-state index in [0.717, 1.165) is 23.8 Å². The first-order chi connectivity index (χ1) is 7.31. The molecular weight excluding hydrogens is 182 g/mol. The van der Waals surface area contributed by atoms with Crippen LogP contribution in [-0.4, -0.2) is 12.6 Å². The smallest absolute Gasteiger partial charge is 0.0124 e. The van der Waals surface area contributed by atoms with E-state index in [4.69, 9.17) is 0 Å². The van der Waals surface area contributed by atoms with Gasteiger partial charge in [0.25, 0.3) is 0 Å². The molecule has 0 aromatic rings. The zero-order valence-corrected chi connectivity index (χ0v) is 10.5. The average Bonchev–Trinajstić information content (AvgIpc) is 2.56. The van der Waals surface area contributed by atoms with E-state index in [9.17, 15) is 0 Å². The van der Waals surface area contributed by atoms with Crippen molar-refractivity contribution in [2.45, 2.75) is 64.8 Å². The summed E-state index contributed by atoms with van der Waals surface area (Å²) in [6.07, 6.45) is 10.2. The van der Waals surface area contributed by atoms with E-state index in [2.05, 4.69) is 19.2 Å². The van der Waals surface area contributed by atoms with Crippen molar-refractivity contribution in [2.24, 2.45) is 17.8 Å². The molecule has 0 aromatic carbocycles. The Hall–Kier alpha value is -0.0400. The summed E-state index contributed by atoms with van der Waals surface area (Å²) in [6, 6.07) is 0.864. The van der Waals surface area contributed by atoms with Gasteiger partial charge in [-0.15, -0.1) is 0 Å². The van der Waals surface area contributed by atoms with Crippen molar-refractivity contribution >= 4 is 0 Å². The molecule has 0 bridgehead atoms. The van der Waals surface area contributed by atoms with Crippen molar-refractivity contribution in [3.63, 3.8) is 0 Å². The zero-order chi connectivity index (χ0) is 10.7. The normalized spacial score (nSPS) is 34.0. The Morgan fingerprint density at radius 1 is 1.13 bits per heavy atom. The van der Waals surface area contributed by atoms with E-state index in [1.54, 1.807) is 0 Å². The van der Waals surface area contributed by atoms with Gasteiger partial charge in [0.2, 0.25) is 0 Å². The van der Waals surface area contributed by atoms with Gasteiger partial charge < -0.3 is 5.32 Å². The van der Waals surface area contributed by atoms with Gasteiger partial charge in [0.1, 0.15) is 0 Å². The largest absolute Gasteiger partial charge is 0.313 e. The summed E-state index contributed by atoms with van der Waals surface area (Å²) in [6.45, 7) is 5.94. The van der Waals surface area contributed by atoms with Gasteiger partial charge in [-0.25, -0.2) is 0 Å². The zero-order valence-electron chi connectivity index (χ0n) is 10.5. The van der Waals surface area contributed by atoms with Crippen LogP contribution in [0.3, 0.4) is 0 Å². The van der Waals surface area contributed by atoms with Gasteiger partial charge in [0.05, 0.1) is 0 Å². The number of hydrogen-bond donors (Lipinski definition) is 1. The topological polar surface area (TPSA) is 12.0 Å². The maximum Gasteiger partial charge on any atom is 0.0124 e. The minimum absolute atomic E-state index is 0.864. The number of rotatable bonds is 5. The maximum absolute atomic E-state index is 3.83. The van der Waals surface area contributed by atoms with Crippen LogP contribution in [0.1, 0.15) is 58.8 Å². The molecule has 0 amide bonds. The third kappa shape index (κ3) is 2.75. The van der Waals surface area contributed by atoms with E-state index >= 15 is 0 Å². The SMILES string of the molecule is CCCNC(C1CCC1)C1CCC(C)C1. The monoisotopic (exact) mass is 209 g/mol. The van der Waals surface area contributed by atoms with Crippen molar-refractivity contribution in [1.29, 1.82) is 0 Å². The number of hydrogen-bond acceptors (Lipinski definition) is 1. The second-order valence-corrected chi connectivity index (χ2v) is 5.85. The highest BCUT2D eigenvalue weighted by atomic mass is 14.9. The van der Waals surface area contributed by atoms with Crippen LogP contribution in [0, 0.1) is 17.8 Å². The van der Waals surface area contributed by atoms with E-state index in [0.29, 0.717) is 0 Å². The molecule has 0 aliphatic heterocycles. The quantitative estimate of drug-likeness (QED) is 0.729. The predicted octanol–water partition coefficient (Wildman–Crippen LogP) is 3.59. The predicted molar refractivity (Wildman–Crippen MR) is 65.9 cm³/mol. The summed E-state index contributed by atoms with van der Waals surface area (Å²) in [7, 11) is 0. The van der Waals surface area contributed by atoms with Crippen LogP contribution in [0.4, 0.5) is 0 Å². The van der Waals surface area contributed by atoms with Crippen LogP contribution < -0.4 is 5.32 Å². The molecule has 2 saturated carbocycles. The summed E-state index contributed by atoms with van der Waals surface area (Å²) < 4.78 is 0. The van der Waals surface area contributed by atoms with Crippen LogP contribution >= 0.6 is 0 Å². The molecular formula is C14H27N. The molecule has 1 heteroatoms. The highest BCUT2D eigenvalue weighted by Crippen LogP contribution is 2.40. The first-order valence-electron chi connectivity index (χ1n) is 7.04. The molecule has 0 radical (unpaired) electrons. The van der Waals surface area contributed by atoms with Gasteiger partial charge >= 0.3 is 0 Å². The maximum atomic E-state index is 3.83. The molecule has 3 unspecified atom stereocenters. The Morgan fingerprint density at radius 2 is 1.93 bits per heavy atom. The van der Waals surface area contributed by atoms with Crippen LogP contribution in [0.25, 0.3) is 0 Å². The molecule has 2 aliphatic carbocycles. The molecule has 88 valence electrons. The summed E-state index contributed by atoms with van der Waals surface area (Å²) in [5.41, 5.74) is 0. The summed E-state index contributed by atoms with van der Waals surface area (Å²) in [5.74, 6) is 3.00. The lowest BCUT2D eigenvalue weighted by molar-refractivity contribution is 0.173. The molecule has 0 saturated heterocycles. The summed E-state index contributed by atoms with van der Waals surface area (Å²) in [5, 5.41) is 3.83. The van der Waals surface area contributed by atoms with Crippen molar-refractivity contribution in [3.8, 4) is 0 Å². The van der Waals surface area contributed by atoms with Gasteiger partial charge in [0, 0.05) is 6.04 Å². The van der Waals surface area contributed by atoms with Crippen molar-refractivity contribution in [1.82, 2.24) is 5.32 Å². The van der Waals surface area contributed by atoms with E-state index < -0.39 is 0 Å². The number of nitrogens with one attached hydrogen (secondary N) is 1. The Balaban J connectivity index is 1.85. The van der Waals surface area contributed by atoms with Crippen LogP contribution in [0.2, 0.25) is 0 Å². The van der Waals surface area contributed by atoms with Gasteiger partial charge in [-0.3, -0.25) is 0 Å². The van der Waals surface area contributed by atoms with Crippen molar-refractivity contribution in [2.75, 3.05) is 6.54 Å². The second kappa shape index (κ2) is 5.34. The lowest BCUT2D eigenvalue weighted by Crippen LogP contribution is -2.44. The molecule has 2 fully saturated rings. The first kappa shape index (κ1) is 11.4. The van der Waals surface area contributed by atoms with Crippen LogP contribution in [-0.2, 0) is 0 Å². The molecule has 2 aliphatic rings. The fourth-order valence-corrected chi connectivity index (χ4v) is 3.41. The molecule has 1 N–H and O–H groups in total. The minimum atomic E-state index is 0.864. The third-order valence-electron chi connectivity index (χ3n) is 4.53. The van der Waals surface area contributed by atoms with E-state index in [-0.39, 0.29) is 0 Å². The standard InChI is InChI=1S/C14H27N/c1-3-9-15-14(12-5-4-6-12)13-8-7-11(2)10-13/h11-15H,3-10H2,1-2H3. The fraction of sp³-hybridized carbons (Fsp3) is 1.00. The Labute approximate surface area is 95.0 Å². The molecule has 2 rings (SSSR count). The Kier molecular flexibility index (Phi) is 4.07. The Bertz CT molecular complexity index is 186. The molecule has 0 aromatic heterocycles. The van der Waals surface area contributed by atoms with Gasteiger partial charge in [-0.2, -0.15) is 0 Å². The third-order valence-corrected chi connectivity index (χ3v) is 4.53. The molecule has 1 nitrogen and oxygen atoms in total. The molecule has 0 spiro atoms. The van der Waals surface area contributed by atoms with Gasteiger partial charge in [-0.1, -0.05) is 26.7 Å². The minimum Gasteiger partial charge on any atom is -0.313 e. The summed E-state index contributed by atoms with van der Waals surface area (Å²) in [4.78, 5) is 0. The highest BCUT2D eigenvalue weighted by Gasteiger charge is 2.35. The van der Waals surface area contributed by atoms with Crippen LogP contribution in [0.5, 0.6) is 0 Å². The highest BCUT2D eigenvalue weighted by molar-refractivity contribution is 4.90. The Morgan fingerprint density at radius 3 is 2.40 bits per heavy atom. The lowest BCUT2D eigenvalue weighted by atomic mass is 9.74. The molecule has 3 atom stereocenters. The van der Waals surface area contributed by atoms with Crippen molar-refractivity contribution in [3.05, 3.63) is 0 Å². The van der Waals surface area contributed by atoms with Gasteiger partial charge in [0.15, 0.2) is 0 Å². The lowest BCUT2D eigenvalue weighted by Gasteiger charge is -2.38. The fourth-order valence-electron chi connectivity index (χ4n) is 3.41. The van der Waals surface area contributed by atoms with Gasteiger partial charge in [-0.05, 0) is 56.4 Å². The molecule has 15 heavy (non-hydrogen) atoms. The van der Waals surface area contributed by atoms with E-state index in [1.807, 2.05) is 0 Å². The second-order valence-electron chi connectivity index (χ2n) is 5.85. The van der Waals surface area contributed by atoms with Crippen molar-refractivity contribution < 1.29 is 0 Å².